The molecule has 4 heterocycles. The van der Waals surface area contributed by atoms with E-state index in [9.17, 15) is 0 Å². The van der Waals surface area contributed by atoms with Crippen LogP contribution in [0.15, 0.2) is 0 Å². The van der Waals surface area contributed by atoms with Gasteiger partial charge in [-0.1, -0.05) is 0 Å². The summed E-state index contributed by atoms with van der Waals surface area (Å²) in [6.45, 7) is 2.65. The van der Waals surface area contributed by atoms with E-state index in [0.717, 1.165) is 17.9 Å². The highest BCUT2D eigenvalue weighted by atomic mass is 32.2. The molecule has 0 aliphatic carbocycles. The molecule has 4 fully saturated rings. The van der Waals surface area contributed by atoms with E-state index < -0.39 is 0 Å². The average molecular weight is 226 g/mol. The van der Waals surface area contributed by atoms with Crippen molar-refractivity contribution < 1.29 is 0 Å². The molecule has 0 saturated carbocycles. The number of hydrogen-bond acceptors (Lipinski definition) is 3. The minimum Gasteiger partial charge on any atom is -0.326 e. The van der Waals surface area contributed by atoms with Gasteiger partial charge in [-0.2, -0.15) is 11.8 Å². The molecule has 0 radical (unpaired) electrons. The van der Waals surface area contributed by atoms with Gasteiger partial charge in [-0.25, -0.2) is 0 Å². The SMILES string of the molecule is NC1C2CCN(CC2)C1C1CCCSC1. The summed E-state index contributed by atoms with van der Waals surface area (Å²) in [6, 6.07) is 1.21. The van der Waals surface area contributed by atoms with Crippen molar-refractivity contribution in [3.63, 3.8) is 0 Å². The Hall–Kier alpha value is 0.270. The molecule has 86 valence electrons. The molecule has 0 aromatic carbocycles. The maximum atomic E-state index is 6.44. The van der Waals surface area contributed by atoms with Crippen LogP contribution in [0.2, 0.25) is 0 Å². The largest absolute Gasteiger partial charge is 0.326 e. The predicted octanol–water partition coefficient (Wildman–Crippen LogP) is 1.55. The number of nitrogens with zero attached hydrogens (tertiary/aromatic N) is 1. The van der Waals surface area contributed by atoms with Crippen LogP contribution in [0, 0.1) is 11.8 Å². The van der Waals surface area contributed by atoms with Crippen LogP contribution in [0.5, 0.6) is 0 Å². The van der Waals surface area contributed by atoms with Gasteiger partial charge in [0, 0.05) is 12.1 Å². The topological polar surface area (TPSA) is 29.3 Å². The van der Waals surface area contributed by atoms with Gasteiger partial charge in [-0.15, -0.1) is 0 Å². The van der Waals surface area contributed by atoms with Crippen molar-refractivity contribution >= 4 is 11.8 Å². The molecule has 15 heavy (non-hydrogen) atoms. The lowest BCUT2D eigenvalue weighted by Crippen LogP contribution is -2.64. The highest BCUT2D eigenvalue weighted by molar-refractivity contribution is 7.99. The third-order valence-corrected chi connectivity index (χ3v) is 5.85. The molecule has 4 aliphatic rings. The third kappa shape index (κ3) is 1.83. The Labute approximate surface area is 97.0 Å². The molecule has 2 N–H and O–H groups in total. The van der Waals surface area contributed by atoms with Gasteiger partial charge in [0.05, 0.1) is 0 Å². The fourth-order valence-corrected chi connectivity index (χ4v) is 4.98. The van der Waals surface area contributed by atoms with Crippen LogP contribution in [0.4, 0.5) is 0 Å². The second-order valence-electron chi connectivity index (χ2n) is 5.42. The molecule has 0 spiro atoms. The number of piperidine rings is 3. The predicted molar refractivity (Wildman–Crippen MR) is 66.1 cm³/mol. The van der Waals surface area contributed by atoms with E-state index >= 15 is 0 Å². The molecule has 3 heteroatoms. The summed E-state index contributed by atoms with van der Waals surface area (Å²) in [5.41, 5.74) is 6.44. The Morgan fingerprint density at radius 2 is 1.87 bits per heavy atom. The van der Waals surface area contributed by atoms with Gasteiger partial charge in [0.1, 0.15) is 0 Å². The zero-order valence-electron chi connectivity index (χ0n) is 9.40. The van der Waals surface area contributed by atoms with Gasteiger partial charge < -0.3 is 5.73 Å². The highest BCUT2D eigenvalue weighted by Gasteiger charge is 2.43. The highest BCUT2D eigenvalue weighted by Crippen LogP contribution is 2.38. The van der Waals surface area contributed by atoms with E-state index in [1.54, 1.807) is 0 Å². The normalized spacial score (nSPS) is 50.6. The van der Waals surface area contributed by atoms with Crippen LogP contribution < -0.4 is 5.73 Å². The summed E-state index contributed by atoms with van der Waals surface area (Å²) >= 11 is 2.14. The van der Waals surface area contributed by atoms with Crippen molar-refractivity contribution in [2.75, 3.05) is 24.6 Å². The molecule has 3 atom stereocenters. The molecule has 2 nitrogen and oxygen atoms in total. The molecule has 4 rings (SSSR count). The Morgan fingerprint density at radius 3 is 2.47 bits per heavy atom. The number of hydrogen-bond donors (Lipinski definition) is 1. The fourth-order valence-electron chi connectivity index (χ4n) is 3.77. The molecular weight excluding hydrogens is 204 g/mol. The van der Waals surface area contributed by atoms with Gasteiger partial charge >= 0.3 is 0 Å². The van der Waals surface area contributed by atoms with Crippen molar-refractivity contribution in [1.82, 2.24) is 4.90 Å². The van der Waals surface area contributed by atoms with Crippen molar-refractivity contribution in [1.29, 1.82) is 0 Å². The first-order valence-corrected chi connectivity index (χ1v) is 7.59. The Balaban J connectivity index is 1.73. The van der Waals surface area contributed by atoms with Crippen LogP contribution in [0.3, 0.4) is 0 Å². The van der Waals surface area contributed by atoms with Crippen LogP contribution in [0.1, 0.15) is 25.7 Å². The smallest absolute Gasteiger partial charge is 0.0286 e. The first kappa shape index (κ1) is 10.4. The number of fused-ring (bicyclic) bond motifs is 3. The Morgan fingerprint density at radius 1 is 1.07 bits per heavy atom. The Bertz CT molecular complexity index is 218. The van der Waals surface area contributed by atoms with Crippen molar-refractivity contribution in [3.8, 4) is 0 Å². The van der Waals surface area contributed by atoms with E-state index in [-0.39, 0.29) is 0 Å². The summed E-state index contributed by atoms with van der Waals surface area (Å²) in [5.74, 6) is 4.47. The number of thioether (sulfide) groups is 1. The van der Waals surface area contributed by atoms with E-state index in [2.05, 4.69) is 16.7 Å². The average Bonchev–Trinajstić information content (AvgIpc) is 2.31. The molecule has 4 saturated heterocycles. The lowest BCUT2D eigenvalue weighted by molar-refractivity contribution is 0.000414. The summed E-state index contributed by atoms with van der Waals surface area (Å²) in [5, 5.41) is 0. The molecular formula is C12H22N2S. The summed E-state index contributed by atoms with van der Waals surface area (Å²) in [6.07, 6.45) is 5.56. The fraction of sp³-hybridized carbons (Fsp3) is 1.00. The molecule has 0 aromatic heterocycles. The van der Waals surface area contributed by atoms with Gasteiger partial charge in [0.2, 0.25) is 0 Å². The zero-order valence-corrected chi connectivity index (χ0v) is 10.2. The molecule has 0 amide bonds. The van der Waals surface area contributed by atoms with E-state index in [1.165, 1.54) is 50.3 Å². The minimum absolute atomic E-state index is 0.483. The standard InChI is InChI=1S/C12H22N2S/c13-11-9-3-5-14(6-4-9)12(11)10-2-1-7-15-8-10/h9-12H,1-8,13H2. The zero-order chi connectivity index (χ0) is 10.3. The maximum Gasteiger partial charge on any atom is 0.0286 e. The second kappa shape index (κ2) is 4.27. The van der Waals surface area contributed by atoms with E-state index in [1.807, 2.05) is 0 Å². The monoisotopic (exact) mass is 226 g/mol. The van der Waals surface area contributed by atoms with Crippen molar-refractivity contribution in [2.45, 2.75) is 37.8 Å². The summed E-state index contributed by atoms with van der Waals surface area (Å²) in [4.78, 5) is 2.70. The van der Waals surface area contributed by atoms with Crippen LogP contribution >= 0.6 is 11.8 Å². The lowest BCUT2D eigenvalue weighted by atomic mass is 9.74. The quantitative estimate of drug-likeness (QED) is 0.735. The van der Waals surface area contributed by atoms with Crippen molar-refractivity contribution in [3.05, 3.63) is 0 Å². The summed E-state index contributed by atoms with van der Waals surface area (Å²) < 4.78 is 0. The van der Waals surface area contributed by atoms with Gasteiger partial charge in [0.15, 0.2) is 0 Å². The van der Waals surface area contributed by atoms with Gasteiger partial charge in [-0.05, 0) is 62.1 Å². The first-order valence-electron chi connectivity index (χ1n) is 6.43. The Kier molecular flexibility index (Phi) is 2.97. The second-order valence-corrected chi connectivity index (χ2v) is 6.57. The third-order valence-electron chi connectivity index (χ3n) is 4.61. The van der Waals surface area contributed by atoms with Crippen LogP contribution in [0.25, 0.3) is 0 Å². The minimum atomic E-state index is 0.483. The molecule has 0 aromatic rings. The lowest BCUT2D eigenvalue weighted by Gasteiger charge is -2.53. The van der Waals surface area contributed by atoms with Crippen LogP contribution in [-0.2, 0) is 0 Å². The van der Waals surface area contributed by atoms with Gasteiger partial charge in [0.25, 0.3) is 0 Å². The molecule has 2 bridgehead atoms. The molecule has 3 unspecified atom stereocenters. The maximum absolute atomic E-state index is 6.44. The van der Waals surface area contributed by atoms with E-state index in [4.69, 9.17) is 5.73 Å². The van der Waals surface area contributed by atoms with Crippen molar-refractivity contribution in [2.24, 2.45) is 17.6 Å². The molecule has 4 aliphatic heterocycles. The summed E-state index contributed by atoms with van der Waals surface area (Å²) in [7, 11) is 0. The first-order chi connectivity index (χ1) is 7.36. The number of rotatable bonds is 1. The van der Waals surface area contributed by atoms with Gasteiger partial charge in [-0.3, -0.25) is 4.90 Å². The number of nitrogens with two attached hydrogens (primary N) is 1. The van der Waals surface area contributed by atoms with Crippen LogP contribution in [-0.4, -0.2) is 41.6 Å². The van der Waals surface area contributed by atoms with E-state index in [0.29, 0.717) is 6.04 Å².